The van der Waals surface area contributed by atoms with Gasteiger partial charge < -0.3 is 20.3 Å². The van der Waals surface area contributed by atoms with Crippen molar-refractivity contribution in [3.8, 4) is 5.75 Å². The Labute approximate surface area is 308 Å². The van der Waals surface area contributed by atoms with Gasteiger partial charge in [-0.05, 0) is 89.7 Å². The predicted molar refractivity (Wildman–Crippen MR) is 200 cm³/mol. The first-order valence-electron chi connectivity index (χ1n) is 19.2. The van der Waals surface area contributed by atoms with Crippen molar-refractivity contribution in [2.45, 2.75) is 140 Å². The summed E-state index contributed by atoms with van der Waals surface area (Å²) in [6.07, 6.45) is 11.9. The van der Waals surface area contributed by atoms with Crippen LogP contribution in [-0.4, -0.2) is 77.1 Å². The Morgan fingerprint density at radius 2 is 1.87 bits per heavy atom. The molecule has 11 nitrogen and oxygen atoms in total. The second-order valence-corrected chi connectivity index (χ2v) is 19.7. The Bertz CT molecular complexity index is 1900. The number of benzene rings is 1. The van der Waals surface area contributed by atoms with Gasteiger partial charge in [0, 0.05) is 23.3 Å². The number of carbonyl (C=O) groups is 3. The zero-order chi connectivity index (χ0) is 37.1. The SMILES string of the molecule is Cc1nc2ccccc2c2c1O[C@]1(CC2)C[C@H]2C(=O)N[C@]3(C(=O)NS(=O)(=O)C4(C)CC4)C[C@H]3/C=C\CCCCC[C@H](NCCC(C)(C)C)C(=O)N2C1. The summed E-state index contributed by atoms with van der Waals surface area (Å²) in [5, 5.41) is 7.62. The van der Waals surface area contributed by atoms with E-state index in [1.165, 1.54) is 0 Å². The van der Waals surface area contributed by atoms with Crippen molar-refractivity contribution in [1.82, 2.24) is 25.2 Å². The Morgan fingerprint density at radius 1 is 1.10 bits per heavy atom. The van der Waals surface area contributed by atoms with Crippen LogP contribution < -0.4 is 20.1 Å². The van der Waals surface area contributed by atoms with Gasteiger partial charge in [-0.1, -0.05) is 64.0 Å². The molecule has 4 heterocycles. The maximum atomic E-state index is 14.7. The first-order chi connectivity index (χ1) is 24.6. The Kier molecular flexibility index (Phi) is 9.50. The average molecular weight is 734 g/mol. The maximum Gasteiger partial charge on any atom is 0.259 e. The Hall–Kier alpha value is -3.51. The van der Waals surface area contributed by atoms with Crippen LogP contribution in [0.3, 0.4) is 0 Å². The standard InChI is InChI=1S/C40H55N5O6S/c1-26-33-29(28-14-11-12-15-30(28)42-26)17-18-39(51-33)24-32-34(46)43-40(36(48)44-52(49,50)38(5)19-20-38)23-27(40)13-9-7-6-8-10-16-31(35(47)45(32)25-39)41-22-21-37(2,3)4/h9,11-15,27,31-32,41H,6-8,10,16-25H2,1-5H3,(H,43,46)(H,44,48)/b13-9-/t27-,31+,32+,39-,40-/m1/s1. The summed E-state index contributed by atoms with van der Waals surface area (Å²) in [5.41, 5.74) is 0.601. The van der Waals surface area contributed by atoms with Crippen LogP contribution in [0.25, 0.3) is 10.9 Å². The van der Waals surface area contributed by atoms with E-state index >= 15 is 0 Å². The average Bonchev–Trinajstić information content (AvgIpc) is 3.97. The minimum absolute atomic E-state index is 0.0851. The van der Waals surface area contributed by atoms with Crippen molar-refractivity contribution in [2.75, 3.05) is 13.1 Å². The van der Waals surface area contributed by atoms with Crippen molar-refractivity contribution >= 4 is 38.6 Å². The van der Waals surface area contributed by atoms with Crippen LogP contribution in [-0.2, 0) is 30.8 Å². The smallest absolute Gasteiger partial charge is 0.259 e. The zero-order valence-corrected chi connectivity index (χ0v) is 32.2. The molecule has 1 saturated heterocycles. The molecule has 3 aliphatic heterocycles. The van der Waals surface area contributed by atoms with Crippen LogP contribution in [0.2, 0.25) is 0 Å². The monoisotopic (exact) mass is 733 g/mol. The molecule has 3 amide bonds. The quantitative estimate of drug-likeness (QED) is 0.352. The number of carbonyl (C=O) groups excluding carboxylic acids is 3. The van der Waals surface area contributed by atoms with E-state index in [-0.39, 0.29) is 36.6 Å². The second-order valence-electron chi connectivity index (χ2n) is 17.5. The normalized spacial score (nSPS) is 30.9. The van der Waals surface area contributed by atoms with E-state index in [9.17, 15) is 22.8 Å². The van der Waals surface area contributed by atoms with Crippen molar-refractivity contribution in [3.63, 3.8) is 0 Å². The van der Waals surface area contributed by atoms with Gasteiger partial charge in [0.1, 0.15) is 22.9 Å². The van der Waals surface area contributed by atoms with Crippen LogP contribution in [0.5, 0.6) is 5.75 Å². The Balaban J connectivity index is 1.22. The topological polar surface area (TPSA) is 147 Å². The molecule has 7 rings (SSSR count). The molecule has 0 radical (unpaired) electrons. The molecule has 282 valence electrons. The molecule has 5 atom stereocenters. The van der Waals surface area contributed by atoms with Crippen LogP contribution in [0, 0.1) is 18.3 Å². The number of hydrogen-bond acceptors (Lipinski definition) is 8. The minimum Gasteiger partial charge on any atom is -0.483 e. The molecule has 0 unspecified atom stereocenters. The predicted octanol–water partition coefficient (Wildman–Crippen LogP) is 5.00. The summed E-state index contributed by atoms with van der Waals surface area (Å²) in [7, 11) is -3.93. The molecule has 0 bridgehead atoms. The van der Waals surface area contributed by atoms with Crippen LogP contribution in [0.15, 0.2) is 36.4 Å². The number of nitrogens with one attached hydrogen (secondary N) is 3. The third-order valence-electron chi connectivity index (χ3n) is 12.1. The third-order valence-corrected chi connectivity index (χ3v) is 14.3. The molecule has 1 spiro atoms. The van der Waals surface area contributed by atoms with Gasteiger partial charge in [0.05, 0.1) is 28.5 Å². The molecule has 2 aliphatic carbocycles. The molecule has 3 fully saturated rings. The van der Waals surface area contributed by atoms with Crippen molar-refractivity contribution < 1.29 is 27.5 Å². The lowest BCUT2D eigenvalue weighted by Gasteiger charge is -2.36. The van der Waals surface area contributed by atoms with Crippen molar-refractivity contribution in [2.24, 2.45) is 11.3 Å². The van der Waals surface area contributed by atoms with E-state index in [4.69, 9.17) is 9.72 Å². The highest BCUT2D eigenvalue weighted by Gasteiger charge is 2.64. The minimum atomic E-state index is -3.93. The van der Waals surface area contributed by atoms with Crippen LogP contribution in [0.1, 0.15) is 110 Å². The summed E-state index contributed by atoms with van der Waals surface area (Å²) in [6, 6.07) is 6.63. The van der Waals surface area contributed by atoms with E-state index in [1.54, 1.807) is 11.8 Å². The van der Waals surface area contributed by atoms with E-state index < -0.39 is 49.8 Å². The number of allylic oxidation sites excluding steroid dienone is 1. The number of amides is 3. The number of hydrogen-bond donors (Lipinski definition) is 3. The zero-order valence-electron chi connectivity index (χ0n) is 31.3. The number of aryl methyl sites for hydroxylation is 2. The number of rotatable bonds is 6. The van der Waals surface area contributed by atoms with E-state index in [1.807, 2.05) is 37.3 Å². The van der Waals surface area contributed by atoms with Crippen molar-refractivity contribution in [3.05, 3.63) is 47.7 Å². The van der Waals surface area contributed by atoms with Crippen LogP contribution in [0.4, 0.5) is 0 Å². The third kappa shape index (κ3) is 7.09. The Morgan fingerprint density at radius 3 is 2.62 bits per heavy atom. The molecular weight excluding hydrogens is 679 g/mol. The molecular formula is C40H55N5O6S. The summed E-state index contributed by atoms with van der Waals surface area (Å²) < 4.78 is 34.6. The second kappa shape index (κ2) is 13.4. The fourth-order valence-corrected chi connectivity index (χ4v) is 9.63. The molecule has 1 aromatic heterocycles. The largest absolute Gasteiger partial charge is 0.483 e. The van der Waals surface area contributed by atoms with Gasteiger partial charge in [-0.25, -0.2) is 13.4 Å². The van der Waals surface area contributed by atoms with E-state index in [0.717, 1.165) is 54.3 Å². The number of ether oxygens (including phenoxy) is 1. The van der Waals surface area contributed by atoms with Crippen LogP contribution >= 0.6 is 0 Å². The first-order valence-corrected chi connectivity index (χ1v) is 20.7. The number of pyridine rings is 1. The van der Waals surface area contributed by atoms with Gasteiger partial charge in [0.25, 0.3) is 5.91 Å². The molecule has 5 aliphatic rings. The summed E-state index contributed by atoms with van der Waals surface area (Å²) in [4.78, 5) is 49.8. The van der Waals surface area contributed by atoms with E-state index in [2.05, 4.69) is 42.2 Å². The maximum absolute atomic E-state index is 14.7. The molecule has 12 heteroatoms. The number of fused-ring (bicyclic) bond motifs is 5. The molecule has 3 N–H and O–H groups in total. The van der Waals surface area contributed by atoms with Gasteiger partial charge in [-0.3, -0.25) is 19.1 Å². The number of para-hydroxylation sites is 1. The van der Waals surface area contributed by atoms with E-state index in [0.29, 0.717) is 44.4 Å². The lowest BCUT2D eigenvalue weighted by atomic mass is 9.87. The summed E-state index contributed by atoms with van der Waals surface area (Å²) in [5.74, 6) is -0.955. The summed E-state index contributed by atoms with van der Waals surface area (Å²) in [6.45, 7) is 11.0. The lowest BCUT2D eigenvalue weighted by molar-refractivity contribution is -0.141. The molecule has 52 heavy (non-hydrogen) atoms. The molecule has 2 aromatic rings. The fourth-order valence-electron chi connectivity index (χ4n) is 8.32. The molecule has 1 aromatic carbocycles. The highest BCUT2D eigenvalue weighted by atomic mass is 32.2. The fraction of sp³-hybridized carbons (Fsp3) is 0.650. The lowest BCUT2D eigenvalue weighted by Crippen LogP contribution is -2.58. The number of nitrogens with zero attached hydrogens (tertiary/aromatic N) is 2. The first kappa shape index (κ1) is 36.8. The van der Waals surface area contributed by atoms with Gasteiger partial charge >= 0.3 is 0 Å². The molecule has 2 saturated carbocycles. The number of aromatic nitrogens is 1. The highest BCUT2D eigenvalue weighted by Crippen LogP contribution is 2.49. The van der Waals surface area contributed by atoms with Gasteiger partial charge in [-0.15, -0.1) is 0 Å². The van der Waals surface area contributed by atoms with Gasteiger partial charge in [0.15, 0.2) is 0 Å². The number of sulfonamides is 1. The van der Waals surface area contributed by atoms with Gasteiger partial charge in [0.2, 0.25) is 21.8 Å². The highest BCUT2D eigenvalue weighted by molar-refractivity contribution is 7.91. The van der Waals surface area contributed by atoms with Crippen molar-refractivity contribution in [1.29, 1.82) is 0 Å². The van der Waals surface area contributed by atoms with Gasteiger partial charge in [-0.2, -0.15) is 0 Å². The summed E-state index contributed by atoms with van der Waals surface area (Å²) >= 11 is 0.